The van der Waals surface area contributed by atoms with Crippen molar-refractivity contribution in [3.05, 3.63) is 65.9 Å². The van der Waals surface area contributed by atoms with Crippen molar-refractivity contribution < 1.29 is 0 Å². The van der Waals surface area contributed by atoms with Crippen LogP contribution in [0.1, 0.15) is 0 Å². The number of hydrogen-bond donors (Lipinski definition) is 1. The summed E-state index contributed by atoms with van der Waals surface area (Å²) in [6.07, 6.45) is 3.44. The minimum absolute atomic E-state index is 0.510. The van der Waals surface area contributed by atoms with Gasteiger partial charge in [0.2, 0.25) is 5.95 Å². The average Bonchev–Trinajstić information content (AvgIpc) is 2.48. The zero-order valence-electron chi connectivity index (χ0n) is 10.5. The summed E-state index contributed by atoms with van der Waals surface area (Å²) in [5.41, 5.74) is 2.42. The second-order valence-corrected chi connectivity index (χ2v) is 4.55. The first-order chi connectivity index (χ1) is 9.81. The van der Waals surface area contributed by atoms with Gasteiger partial charge >= 0.3 is 0 Å². The second-order valence-electron chi connectivity index (χ2n) is 4.12. The highest BCUT2D eigenvalue weighted by molar-refractivity contribution is 6.30. The molecule has 5 heteroatoms. The maximum absolute atomic E-state index is 5.95. The lowest BCUT2D eigenvalue weighted by Crippen LogP contribution is -1.98. The Bertz CT molecular complexity index is 716. The van der Waals surface area contributed by atoms with Crippen LogP contribution in [0.2, 0.25) is 5.02 Å². The zero-order valence-corrected chi connectivity index (χ0v) is 11.2. The van der Waals surface area contributed by atoms with E-state index in [0.29, 0.717) is 11.0 Å². The van der Waals surface area contributed by atoms with E-state index >= 15 is 0 Å². The molecule has 0 radical (unpaired) electrons. The van der Waals surface area contributed by atoms with Crippen molar-refractivity contribution in [2.24, 2.45) is 0 Å². The van der Waals surface area contributed by atoms with E-state index in [0.717, 1.165) is 17.1 Å². The van der Waals surface area contributed by atoms with Crippen LogP contribution in [0.5, 0.6) is 0 Å². The summed E-state index contributed by atoms with van der Waals surface area (Å²) < 4.78 is 0. The van der Waals surface area contributed by atoms with Crippen molar-refractivity contribution in [2.75, 3.05) is 5.32 Å². The number of nitrogens with zero attached hydrogens (tertiary/aromatic N) is 3. The lowest BCUT2D eigenvalue weighted by molar-refractivity contribution is 1.15. The van der Waals surface area contributed by atoms with Gasteiger partial charge in [0, 0.05) is 23.1 Å². The van der Waals surface area contributed by atoms with Crippen molar-refractivity contribution in [2.45, 2.75) is 0 Å². The molecule has 0 fully saturated rings. The van der Waals surface area contributed by atoms with Crippen molar-refractivity contribution in [1.82, 2.24) is 15.0 Å². The van der Waals surface area contributed by atoms with E-state index in [9.17, 15) is 0 Å². The Kier molecular flexibility index (Phi) is 3.56. The normalized spacial score (nSPS) is 10.2. The van der Waals surface area contributed by atoms with Crippen LogP contribution in [-0.2, 0) is 0 Å². The van der Waals surface area contributed by atoms with Gasteiger partial charge in [0.25, 0.3) is 0 Å². The fourth-order valence-electron chi connectivity index (χ4n) is 1.77. The molecule has 2 heterocycles. The molecular formula is C15H11ClN4. The number of nitrogens with one attached hydrogen (secondary N) is 1. The van der Waals surface area contributed by atoms with Crippen LogP contribution in [0.15, 0.2) is 60.9 Å². The van der Waals surface area contributed by atoms with Gasteiger partial charge in [-0.3, -0.25) is 4.98 Å². The van der Waals surface area contributed by atoms with E-state index < -0.39 is 0 Å². The molecule has 0 spiro atoms. The zero-order chi connectivity index (χ0) is 13.8. The van der Waals surface area contributed by atoms with Crippen LogP contribution in [0.25, 0.3) is 11.4 Å². The van der Waals surface area contributed by atoms with Crippen molar-refractivity contribution in [3.8, 4) is 11.4 Å². The molecule has 0 saturated heterocycles. The van der Waals surface area contributed by atoms with E-state index in [4.69, 9.17) is 11.6 Å². The van der Waals surface area contributed by atoms with Gasteiger partial charge in [-0.1, -0.05) is 23.7 Å². The second kappa shape index (κ2) is 5.67. The van der Waals surface area contributed by atoms with Crippen LogP contribution in [0.3, 0.4) is 0 Å². The first-order valence-corrected chi connectivity index (χ1v) is 6.46. The summed E-state index contributed by atoms with van der Waals surface area (Å²) >= 11 is 5.95. The molecule has 0 aliphatic heterocycles. The van der Waals surface area contributed by atoms with Gasteiger partial charge < -0.3 is 5.32 Å². The standard InChI is InChI=1S/C15H11ClN4/c16-11-4-3-5-12(10-11)19-15-18-9-7-14(20-15)13-6-1-2-8-17-13/h1-10H,(H,18,19,20). The number of pyridine rings is 1. The van der Waals surface area contributed by atoms with Crippen molar-refractivity contribution >= 4 is 23.2 Å². The third-order valence-corrected chi connectivity index (χ3v) is 2.90. The lowest BCUT2D eigenvalue weighted by Gasteiger charge is -2.06. The molecule has 0 aliphatic carbocycles. The summed E-state index contributed by atoms with van der Waals surface area (Å²) in [6, 6.07) is 14.9. The highest BCUT2D eigenvalue weighted by Crippen LogP contribution is 2.19. The number of anilines is 2. The molecule has 0 bridgehead atoms. The van der Waals surface area contributed by atoms with Gasteiger partial charge in [-0.05, 0) is 36.4 Å². The average molecular weight is 283 g/mol. The molecule has 0 atom stereocenters. The number of rotatable bonds is 3. The summed E-state index contributed by atoms with van der Waals surface area (Å²) in [5.74, 6) is 0.510. The highest BCUT2D eigenvalue weighted by Gasteiger charge is 2.03. The Labute approximate surface area is 121 Å². The molecule has 20 heavy (non-hydrogen) atoms. The molecular weight excluding hydrogens is 272 g/mol. The Morgan fingerprint density at radius 2 is 1.80 bits per heavy atom. The van der Waals surface area contributed by atoms with E-state index in [2.05, 4.69) is 20.3 Å². The summed E-state index contributed by atoms with van der Waals surface area (Å²) in [5, 5.41) is 3.78. The SMILES string of the molecule is Clc1cccc(Nc2nccc(-c3ccccn3)n2)c1. The third-order valence-electron chi connectivity index (χ3n) is 2.66. The fraction of sp³-hybridized carbons (Fsp3) is 0. The fourth-order valence-corrected chi connectivity index (χ4v) is 1.96. The number of benzene rings is 1. The van der Waals surface area contributed by atoms with Gasteiger partial charge in [-0.25, -0.2) is 9.97 Å². The molecule has 1 N–H and O–H groups in total. The summed E-state index contributed by atoms with van der Waals surface area (Å²) in [6.45, 7) is 0. The molecule has 0 aliphatic rings. The molecule has 2 aromatic heterocycles. The minimum Gasteiger partial charge on any atom is -0.324 e. The lowest BCUT2D eigenvalue weighted by atomic mass is 10.2. The predicted molar refractivity (Wildman–Crippen MR) is 80.0 cm³/mol. The van der Waals surface area contributed by atoms with Crippen LogP contribution < -0.4 is 5.32 Å². The molecule has 0 unspecified atom stereocenters. The molecule has 0 saturated carbocycles. The highest BCUT2D eigenvalue weighted by atomic mass is 35.5. The van der Waals surface area contributed by atoms with Crippen LogP contribution in [0.4, 0.5) is 11.6 Å². The maximum Gasteiger partial charge on any atom is 0.227 e. The molecule has 4 nitrogen and oxygen atoms in total. The molecule has 98 valence electrons. The van der Waals surface area contributed by atoms with E-state index in [1.807, 2.05) is 48.5 Å². The third kappa shape index (κ3) is 2.92. The Morgan fingerprint density at radius 1 is 0.850 bits per heavy atom. The van der Waals surface area contributed by atoms with Crippen LogP contribution in [-0.4, -0.2) is 15.0 Å². The number of halogens is 1. The predicted octanol–water partition coefficient (Wildman–Crippen LogP) is 3.94. The smallest absolute Gasteiger partial charge is 0.227 e. The first-order valence-electron chi connectivity index (χ1n) is 6.08. The van der Waals surface area contributed by atoms with Gasteiger partial charge in [0.05, 0.1) is 11.4 Å². The summed E-state index contributed by atoms with van der Waals surface area (Å²) in [7, 11) is 0. The van der Waals surface area contributed by atoms with Crippen LogP contribution in [0, 0.1) is 0 Å². The quantitative estimate of drug-likeness (QED) is 0.790. The topological polar surface area (TPSA) is 50.7 Å². The monoisotopic (exact) mass is 282 g/mol. The van der Waals surface area contributed by atoms with E-state index in [1.54, 1.807) is 12.4 Å². The maximum atomic E-state index is 5.95. The van der Waals surface area contributed by atoms with Crippen molar-refractivity contribution in [3.63, 3.8) is 0 Å². The van der Waals surface area contributed by atoms with Crippen LogP contribution >= 0.6 is 11.6 Å². The number of hydrogen-bond acceptors (Lipinski definition) is 4. The molecule has 1 aromatic carbocycles. The van der Waals surface area contributed by atoms with Gasteiger partial charge in [-0.2, -0.15) is 0 Å². The first kappa shape index (κ1) is 12.6. The van der Waals surface area contributed by atoms with Gasteiger partial charge in [0.15, 0.2) is 0 Å². The number of aromatic nitrogens is 3. The Morgan fingerprint density at radius 3 is 2.60 bits per heavy atom. The largest absolute Gasteiger partial charge is 0.324 e. The van der Waals surface area contributed by atoms with E-state index in [-0.39, 0.29) is 0 Å². The molecule has 3 rings (SSSR count). The van der Waals surface area contributed by atoms with Gasteiger partial charge in [0.1, 0.15) is 0 Å². The Hall–Kier alpha value is -2.46. The Balaban J connectivity index is 1.88. The van der Waals surface area contributed by atoms with Crippen molar-refractivity contribution in [1.29, 1.82) is 0 Å². The van der Waals surface area contributed by atoms with E-state index in [1.165, 1.54) is 0 Å². The minimum atomic E-state index is 0.510. The molecule has 3 aromatic rings. The summed E-state index contributed by atoms with van der Waals surface area (Å²) in [4.78, 5) is 12.9. The molecule has 0 amide bonds. The van der Waals surface area contributed by atoms with Gasteiger partial charge in [-0.15, -0.1) is 0 Å².